The summed E-state index contributed by atoms with van der Waals surface area (Å²) in [6.07, 6.45) is 0.114. The predicted molar refractivity (Wildman–Crippen MR) is 145 cm³/mol. The van der Waals surface area contributed by atoms with E-state index in [0.29, 0.717) is 0 Å². The van der Waals surface area contributed by atoms with E-state index in [4.69, 9.17) is 0 Å². The van der Waals surface area contributed by atoms with Gasteiger partial charge >= 0.3 is 0 Å². The first-order valence-electron chi connectivity index (χ1n) is 12.7. The number of hydrogen-bond donors (Lipinski definition) is 1. The fraction of sp³-hybridized carbons (Fsp3) is 0.212. The highest BCUT2D eigenvalue weighted by Crippen LogP contribution is 2.52. The van der Waals surface area contributed by atoms with Crippen LogP contribution in [0.2, 0.25) is 0 Å². The Morgan fingerprint density at radius 3 is 1.59 bits per heavy atom. The van der Waals surface area contributed by atoms with Gasteiger partial charge in [-0.1, -0.05) is 122 Å². The molecule has 0 bridgehead atoms. The van der Waals surface area contributed by atoms with Crippen LogP contribution >= 0.6 is 0 Å². The first-order valence-corrected chi connectivity index (χ1v) is 12.7. The summed E-state index contributed by atoms with van der Waals surface area (Å²) in [7, 11) is 0. The van der Waals surface area contributed by atoms with Crippen LogP contribution in [0.5, 0.6) is 0 Å². The Balaban J connectivity index is 1.72. The Hall–Kier alpha value is -4.02. The average Bonchev–Trinajstić information content (AvgIpc) is 3.19. The lowest BCUT2D eigenvalue weighted by atomic mass is 9.72. The van der Waals surface area contributed by atoms with Crippen LogP contribution in [0.25, 0.3) is 0 Å². The quantitative estimate of drug-likeness (QED) is 0.254. The number of likely N-dealkylation sites (tertiary alicyclic amines) is 1. The van der Waals surface area contributed by atoms with Crippen LogP contribution in [0, 0.1) is 5.41 Å². The summed E-state index contributed by atoms with van der Waals surface area (Å²) in [6, 6.07) is 37.1. The Labute approximate surface area is 218 Å². The number of aliphatic hydroxyl groups excluding tert-OH is 1. The third kappa shape index (κ3) is 3.98. The van der Waals surface area contributed by atoms with Crippen molar-refractivity contribution in [3.05, 3.63) is 143 Å². The molecule has 0 spiro atoms. The Kier molecular flexibility index (Phi) is 6.53. The zero-order valence-corrected chi connectivity index (χ0v) is 21.2. The molecule has 186 valence electrons. The lowest BCUT2D eigenvalue weighted by Gasteiger charge is -2.43. The normalized spacial score (nSPS) is 18.7. The third-order valence-corrected chi connectivity index (χ3v) is 7.99. The van der Waals surface area contributed by atoms with Crippen LogP contribution in [0.4, 0.5) is 0 Å². The van der Waals surface area contributed by atoms with Crippen LogP contribution in [0.1, 0.15) is 54.0 Å². The molecule has 0 aliphatic carbocycles. The molecule has 1 unspecified atom stereocenters. The van der Waals surface area contributed by atoms with Crippen molar-refractivity contribution in [2.75, 3.05) is 0 Å². The smallest absolute Gasteiger partial charge is 0.237 e. The minimum atomic E-state index is -1.11. The fourth-order valence-corrected chi connectivity index (χ4v) is 5.72. The molecule has 2 amide bonds. The van der Waals surface area contributed by atoms with Crippen molar-refractivity contribution in [3.8, 4) is 0 Å². The second-order valence-electron chi connectivity index (χ2n) is 10.1. The molecule has 0 saturated carbocycles. The summed E-state index contributed by atoms with van der Waals surface area (Å²) in [5.41, 5.74) is 2.31. The van der Waals surface area contributed by atoms with E-state index in [-0.39, 0.29) is 30.8 Å². The number of carbonyl (C=O) groups is 2. The molecular formula is C33H31NO3. The number of rotatable bonds is 7. The van der Waals surface area contributed by atoms with Crippen molar-refractivity contribution in [1.29, 1.82) is 0 Å². The first-order chi connectivity index (χ1) is 17.9. The molecule has 1 aliphatic heterocycles. The lowest BCUT2D eigenvalue weighted by Crippen LogP contribution is -2.52. The van der Waals surface area contributed by atoms with Crippen molar-refractivity contribution >= 4 is 11.8 Å². The molecule has 1 N–H and O–H groups in total. The predicted octanol–water partition coefficient (Wildman–Crippen LogP) is 6.04. The molecule has 0 aromatic heterocycles. The van der Waals surface area contributed by atoms with E-state index in [1.807, 2.05) is 129 Å². The van der Waals surface area contributed by atoms with E-state index in [2.05, 4.69) is 0 Å². The molecule has 4 nitrogen and oxygen atoms in total. The highest BCUT2D eigenvalue weighted by atomic mass is 16.3. The number of aliphatic hydroxyl groups is 1. The second-order valence-corrected chi connectivity index (χ2v) is 10.1. The third-order valence-electron chi connectivity index (χ3n) is 7.99. The highest BCUT2D eigenvalue weighted by Gasteiger charge is 2.59. The summed E-state index contributed by atoms with van der Waals surface area (Å²) >= 11 is 0. The van der Waals surface area contributed by atoms with Gasteiger partial charge in [0, 0.05) is 6.42 Å². The van der Waals surface area contributed by atoms with Crippen molar-refractivity contribution in [1.82, 2.24) is 4.90 Å². The van der Waals surface area contributed by atoms with Gasteiger partial charge in [-0.15, -0.1) is 0 Å². The number of amides is 2. The Morgan fingerprint density at radius 1 is 0.757 bits per heavy atom. The SMILES string of the molecule is CC(c1ccc(CO)cc1)[C@]1(C)CC(=O)N(C(c2ccccc2)(c2ccccc2)c2ccccc2)C1=O. The van der Waals surface area contributed by atoms with Gasteiger partial charge in [-0.05, 0) is 40.7 Å². The molecule has 1 aliphatic rings. The van der Waals surface area contributed by atoms with E-state index in [1.165, 1.54) is 4.90 Å². The molecule has 1 fully saturated rings. The summed E-state index contributed by atoms with van der Waals surface area (Å²) in [4.78, 5) is 30.2. The average molecular weight is 490 g/mol. The van der Waals surface area contributed by atoms with E-state index in [1.54, 1.807) is 0 Å². The van der Waals surface area contributed by atoms with E-state index in [0.717, 1.165) is 27.8 Å². The summed E-state index contributed by atoms with van der Waals surface area (Å²) in [6.45, 7) is 3.88. The number of imide groups is 1. The van der Waals surface area contributed by atoms with Gasteiger partial charge in [-0.3, -0.25) is 14.5 Å². The zero-order chi connectivity index (χ0) is 26.0. The summed E-state index contributed by atoms with van der Waals surface area (Å²) in [5, 5.41) is 9.45. The fourth-order valence-electron chi connectivity index (χ4n) is 5.72. The molecule has 1 heterocycles. The minimum Gasteiger partial charge on any atom is -0.392 e. The lowest BCUT2D eigenvalue weighted by molar-refractivity contribution is -0.146. The van der Waals surface area contributed by atoms with Gasteiger partial charge in [0.05, 0.1) is 12.0 Å². The van der Waals surface area contributed by atoms with Gasteiger partial charge in [0.15, 0.2) is 0 Å². The van der Waals surface area contributed by atoms with Crippen LogP contribution in [-0.2, 0) is 21.7 Å². The number of carbonyl (C=O) groups excluding carboxylic acids is 2. The van der Waals surface area contributed by atoms with Crippen LogP contribution in [0.3, 0.4) is 0 Å². The second kappa shape index (κ2) is 9.79. The molecule has 1 saturated heterocycles. The van der Waals surface area contributed by atoms with Gasteiger partial charge in [0.2, 0.25) is 11.8 Å². The molecule has 4 aromatic rings. The molecule has 2 atom stereocenters. The van der Waals surface area contributed by atoms with Gasteiger partial charge in [-0.25, -0.2) is 0 Å². The molecule has 4 heteroatoms. The molecule has 4 aromatic carbocycles. The number of nitrogens with zero attached hydrogens (tertiary/aromatic N) is 1. The molecular weight excluding hydrogens is 458 g/mol. The molecule has 37 heavy (non-hydrogen) atoms. The van der Waals surface area contributed by atoms with Crippen molar-refractivity contribution in [3.63, 3.8) is 0 Å². The van der Waals surface area contributed by atoms with Crippen molar-refractivity contribution in [2.24, 2.45) is 5.41 Å². The van der Waals surface area contributed by atoms with Gasteiger partial charge < -0.3 is 5.11 Å². The maximum atomic E-state index is 14.6. The Bertz CT molecular complexity index is 1290. The van der Waals surface area contributed by atoms with Gasteiger partial charge in [0.25, 0.3) is 0 Å². The topological polar surface area (TPSA) is 57.6 Å². The first kappa shape index (κ1) is 24.7. The number of hydrogen-bond acceptors (Lipinski definition) is 3. The Morgan fingerprint density at radius 2 is 1.19 bits per heavy atom. The van der Waals surface area contributed by atoms with Crippen LogP contribution in [-0.4, -0.2) is 21.8 Å². The van der Waals surface area contributed by atoms with Gasteiger partial charge in [-0.2, -0.15) is 0 Å². The molecule has 5 rings (SSSR count). The minimum absolute atomic E-state index is 0.0368. The van der Waals surface area contributed by atoms with Crippen molar-refractivity contribution in [2.45, 2.75) is 38.3 Å². The highest BCUT2D eigenvalue weighted by molar-refractivity contribution is 6.08. The maximum absolute atomic E-state index is 14.6. The van der Waals surface area contributed by atoms with E-state index in [9.17, 15) is 14.7 Å². The summed E-state index contributed by atoms with van der Waals surface area (Å²) in [5.74, 6) is -0.586. The van der Waals surface area contributed by atoms with Crippen molar-refractivity contribution < 1.29 is 14.7 Å². The van der Waals surface area contributed by atoms with Crippen LogP contribution < -0.4 is 0 Å². The van der Waals surface area contributed by atoms with Gasteiger partial charge in [0.1, 0.15) is 5.54 Å². The maximum Gasteiger partial charge on any atom is 0.237 e. The number of benzene rings is 4. The van der Waals surface area contributed by atoms with E-state index >= 15 is 0 Å². The van der Waals surface area contributed by atoms with E-state index < -0.39 is 11.0 Å². The zero-order valence-electron chi connectivity index (χ0n) is 21.2. The summed E-state index contributed by atoms with van der Waals surface area (Å²) < 4.78 is 0. The standard InChI is InChI=1S/C33H31NO3/c1-24(26-20-18-25(23-35)19-21-26)32(2)22-30(36)34(31(32)37)33(27-12-6-3-7-13-27,28-14-8-4-9-15-28)29-16-10-5-11-17-29/h3-21,24,35H,22-23H2,1-2H3/t24?,32-/m0/s1. The monoisotopic (exact) mass is 489 g/mol. The largest absolute Gasteiger partial charge is 0.392 e. The van der Waals surface area contributed by atoms with Crippen LogP contribution in [0.15, 0.2) is 115 Å². The molecule has 0 radical (unpaired) electrons.